The van der Waals surface area contributed by atoms with Gasteiger partial charge in [0.1, 0.15) is 0 Å². The van der Waals surface area contributed by atoms with E-state index in [1.54, 1.807) is 30.3 Å². The first-order valence-electron chi connectivity index (χ1n) is 12.6. The van der Waals surface area contributed by atoms with Crippen molar-refractivity contribution in [2.75, 3.05) is 0 Å². The van der Waals surface area contributed by atoms with E-state index in [0.717, 1.165) is 46.0 Å². The zero-order valence-electron chi connectivity index (χ0n) is 20.8. The van der Waals surface area contributed by atoms with Crippen LogP contribution in [0, 0.1) is 0 Å². The number of nitrogens with zero attached hydrogens (tertiary/aromatic N) is 1. The summed E-state index contributed by atoms with van der Waals surface area (Å²) in [5.41, 5.74) is 4.90. The third-order valence-corrected chi connectivity index (χ3v) is 7.71. The van der Waals surface area contributed by atoms with Gasteiger partial charge in [-0.2, -0.15) is 0 Å². The van der Waals surface area contributed by atoms with Gasteiger partial charge in [0.15, 0.2) is 0 Å². The molecule has 4 aromatic carbocycles. The van der Waals surface area contributed by atoms with Gasteiger partial charge in [0.25, 0.3) is 5.91 Å². The Labute approximate surface area is 235 Å². The number of nitrogens with one attached hydrogen (secondary N) is 1. The standard InChI is InChI=1S/C32H24Cl2N2O3/c33-26-14-20(15-27(34)18-26)19-36-13-10-23-16-24(21-4-2-1-3-5-21)17-28(29(23)36)30(37)35-32(11-12-32)25-8-6-22(7-9-25)31(38)39/h1-10,13-18H,11-12,19H2,(H,35,37)(H,38,39). The second-order valence-corrected chi connectivity index (χ2v) is 10.8. The van der Waals surface area contributed by atoms with E-state index in [1.807, 2.05) is 65.4 Å². The van der Waals surface area contributed by atoms with E-state index in [9.17, 15) is 14.7 Å². The van der Waals surface area contributed by atoms with Crippen LogP contribution in [0.1, 0.15) is 44.7 Å². The molecule has 0 unspecified atom stereocenters. The fourth-order valence-corrected chi connectivity index (χ4v) is 5.75. The number of halogens is 2. The summed E-state index contributed by atoms with van der Waals surface area (Å²) in [7, 11) is 0. The monoisotopic (exact) mass is 554 g/mol. The number of amides is 1. The number of carbonyl (C=O) groups excluding carboxylic acids is 1. The Morgan fingerprint density at radius 2 is 1.54 bits per heavy atom. The molecule has 0 aliphatic heterocycles. The van der Waals surface area contributed by atoms with Crippen molar-refractivity contribution in [2.24, 2.45) is 0 Å². The highest BCUT2D eigenvalue weighted by Gasteiger charge is 2.46. The second kappa shape index (κ2) is 9.92. The summed E-state index contributed by atoms with van der Waals surface area (Å²) in [6, 6.07) is 28.2. The van der Waals surface area contributed by atoms with Crippen molar-refractivity contribution < 1.29 is 14.7 Å². The molecule has 39 heavy (non-hydrogen) atoms. The number of fused-ring (bicyclic) bond motifs is 1. The highest BCUT2D eigenvalue weighted by molar-refractivity contribution is 6.34. The summed E-state index contributed by atoms with van der Waals surface area (Å²) in [4.78, 5) is 25.3. The lowest BCUT2D eigenvalue weighted by Gasteiger charge is -2.20. The number of aromatic nitrogens is 1. The number of carbonyl (C=O) groups is 2. The molecule has 1 aromatic heterocycles. The highest BCUT2D eigenvalue weighted by atomic mass is 35.5. The molecule has 0 saturated heterocycles. The lowest BCUT2D eigenvalue weighted by molar-refractivity contribution is 0.0696. The van der Waals surface area contributed by atoms with Crippen LogP contribution < -0.4 is 5.32 Å². The summed E-state index contributed by atoms with van der Waals surface area (Å²) in [6.45, 7) is 0.497. The summed E-state index contributed by atoms with van der Waals surface area (Å²) < 4.78 is 2.04. The van der Waals surface area contributed by atoms with Crippen LogP contribution in [0.5, 0.6) is 0 Å². The molecule has 2 N–H and O–H groups in total. The van der Waals surface area contributed by atoms with Crippen LogP contribution in [-0.2, 0) is 12.1 Å². The van der Waals surface area contributed by atoms with Gasteiger partial charge in [0, 0.05) is 28.2 Å². The average Bonchev–Trinajstić information content (AvgIpc) is 3.60. The molecule has 1 amide bonds. The molecule has 0 bridgehead atoms. The van der Waals surface area contributed by atoms with Crippen LogP contribution in [0.15, 0.2) is 97.2 Å². The van der Waals surface area contributed by atoms with E-state index in [-0.39, 0.29) is 11.5 Å². The Morgan fingerprint density at radius 3 is 2.18 bits per heavy atom. The van der Waals surface area contributed by atoms with Crippen LogP contribution in [0.3, 0.4) is 0 Å². The van der Waals surface area contributed by atoms with Crippen molar-refractivity contribution in [1.29, 1.82) is 0 Å². The second-order valence-electron chi connectivity index (χ2n) is 9.97. The summed E-state index contributed by atoms with van der Waals surface area (Å²) >= 11 is 12.5. The molecule has 1 aliphatic carbocycles. The van der Waals surface area contributed by atoms with E-state index in [0.29, 0.717) is 22.2 Å². The van der Waals surface area contributed by atoms with E-state index in [1.165, 1.54) is 0 Å². The minimum absolute atomic E-state index is 0.179. The summed E-state index contributed by atoms with van der Waals surface area (Å²) in [5, 5.41) is 14.6. The van der Waals surface area contributed by atoms with Gasteiger partial charge in [-0.25, -0.2) is 4.79 Å². The summed E-state index contributed by atoms with van der Waals surface area (Å²) in [6.07, 6.45) is 3.55. The van der Waals surface area contributed by atoms with Gasteiger partial charge in [-0.15, -0.1) is 0 Å². The van der Waals surface area contributed by atoms with Gasteiger partial charge in [0.05, 0.1) is 22.2 Å². The predicted octanol–water partition coefficient (Wildman–Crippen LogP) is 7.78. The topological polar surface area (TPSA) is 71.3 Å². The minimum Gasteiger partial charge on any atom is -0.478 e. The van der Waals surface area contributed by atoms with Gasteiger partial charge < -0.3 is 15.0 Å². The van der Waals surface area contributed by atoms with E-state index in [4.69, 9.17) is 23.2 Å². The van der Waals surface area contributed by atoms with Crippen molar-refractivity contribution in [3.63, 3.8) is 0 Å². The molecule has 194 valence electrons. The van der Waals surface area contributed by atoms with Gasteiger partial charge in [-0.05, 0) is 83.6 Å². The van der Waals surface area contributed by atoms with Gasteiger partial charge in [0.2, 0.25) is 0 Å². The molecule has 0 atom stereocenters. The smallest absolute Gasteiger partial charge is 0.335 e. The largest absolute Gasteiger partial charge is 0.478 e. The number of aromatic carboxylic acids is 1. The SMILES string of the molecule is O=C(O)c1ccc(C2(NC(=O)c3cc(-c4ccccc4)cc4ccn(Cc5cc(Cl)cc(Cl)c5)c34)CC2)cc1. The molecule has 5 nitrogen and oxygen atoms in total. The number of carboxylic acids is 1. The van der Waals surface area contributed by atoms with Crippen LogP contribution >= 0.6 is 23.2 Å². The molecule has 1 fully saturated rings. The molecule has 6 rings (SSSR count). The van der Waals surface area contributed by atoms with Crippen molar-refractivity contribution >= 4 is 46.0 Å². The maximum absolute atomic E-state index is 14.0. The Morgan fingerprint density at radius 1 is 0.846 bits per heavy atom. The number of rotatable bonds is 7. The molecule has 1 saturated carbocycles. The number of benzene rings is 4. The molecule has 1 heterocycles. The minimum atomic E-state index is -0.975. The molecule has 5 aromatic rings. The van der Waals surface area contributed by atoms with E-state index < -0.39 is 11.5 Å². The molecular weight excluding hydrogens is 531 g/mol. The average molecular weight is 555 g/mol. The molecule has 0 spiro atoms. The van der Waals surface area contributed by atoms with Gasteiger partial charge >= 0.3 is 5.97 Å². The first-order valence-corrected chi connectivity index (χ1v) is 13.4. The van der Waals surface area contributed by atoms with Crippen molar-refractivity contribution in [2.45, 2.75) is 24.9 Å². The molecular formula is C32H24Cl2N2O3. The fourth-order valence-electron chi connectivity index (χ4n) is 5.18. The lowest BCUT2D eigenvalue weighted by Crippen LogP contribution is -2.35. The zero-order valence-corrected chi connectivity index (χ0v) is 22.3. The van der Waals surface area contributed by atoms with Gasteiger partial charge in [-0.1, -0.05) is 65.7 Å². The van der Waals surface area contributed by atoms with Crippen molar-refractivity contribution in [3.8, 4) is 11.1 Å². The Kier molecular flexibility index (Phi) is 6.42. The molecule has 0 radical (unpaired) electrons. The number of hydrogen-bond donors (Lipinski definition) is 2. The number of hydrogen-bond acceptors (Lipinski definition) is 2. The molecule has 1 aliphatic rings. The number of carboxylic acid groups (broad SMARTS) is 1. The first-order chi connectivity index (χ1) is 18.8. The Hall–Kier alpha value is -4.06. The maximum atomic E-state index is 14.0. The third-order valence-electron chi connectivity index (χ3n) is 7.27. The van der Waals surface area contributed by atoms with Crippen LogP contribution in [-0.4, -0.2) is 21.6 Å². The quantitative estimate of drug-likeness (QED) is 0.216. The van der Waals surface area contributed by atoms with Gasteiger partial charge in [-0.3, -0.25) is 4.79 Å². The maximum Gasteiger partial charge on any atom is 0.335 e. The first kappa shape index (κ1) is 25.2. The zero-order chi connectivity index (χ0) is 27.1. The van der Waals surface area contributed by atoms with E-state index in [2.05, 4.69) is 11.4 Å². The fraction of sp³-hybridized carbons (Fsp3) is 0.125. The lowest BCUT2D eigenvalue weighted by atomic mass is 9.98. The normalized spacial score (nSPS) is 13.8. The summed E-state index contributed by atoms with van der Waals surface area (Å²) in [5.74, 6) is -1.15. The Balaban J connectivity index is 1.41. The van der Waals surface area contributed by atoms with E-state index >= 15 is 0 Å². The van der Waals surface area contributed by atoms with Crippen LogP contribution in [0.2, 0.25) is 10.0 Å². The highest BCUT2D eigenvalue weighted by Crippen LogP contribution is 2.46. The third kappa shape index (κ3) is 5.03. The van der Waals surface area contributed by atoms with Crippen LogP contribution in [0.25, 0.3) is 22.0 Å². The molecule has 7 heteroatoms. The predicted molar refractivity (Wildman–Crippen MR) is 155 cm³/mol. The Bertz CT molecular complexity index is 1700. The van der Waals surface area contributed by atoms with Crippen molar-refractivity contribution in [3.05, 3.63) is 129 Å². The van der Waals surface area contributed by atoms with Crippen molar-refractivity contribution in [1.82, 2.24) is 9.88 Å². The van der Waals surface area contributed by atoms with Crippen LogP contribution in [0.4, 0.5) is 0 Å².